The van der Waals surface area contributed by atoms with E-state index in [1.165, 1.54) is 6.07 Å². The molecule has 1 aromatic rings. The van der Waals surface area contributed by atoms with E-state index in [2.05, 4.69) is 0 Å². The van der Waals surface area contributed by atoms with E-state index in [1.54, 1.807) is 4.90 Å². The van der Waals surface area contributed by atoms with E-state index in [1.807, 2.05) is 6.92 Å². The summed E-state index contributed by atoms with van der Waals surface area (Å²) < 4.78 is 25.9. The Bertz CT molecular complexity index is 577. The Morgan fingerprint density at radius 1 is 1.27 bits per heavy atom. The lowest BCUT2D eigenvalue weighted by Gasteiger charge is -2.34. The van der Waals surface area contributed by atoms with Gasteiger partial charge in [-0.05, 0) is 30.5 Å². The number of ketones is 1. The van der Waals surface area contributed by atoms with E-state index >= 15 is 0 Å². The Hall–Kier alpha value is -1.82. The lowest BCUT2D eigenvalue weighted by molar-refractivity contribution is -0.135. The summed E-state index contributed by atoms with van der Waals surface area (Å²) in [6.07, 6.45) is 0.120. The molecule has 2 atom stereocenters. The Labute approximate surface area is 127 Å². The van der Waals surface area contributed by atoms with Crippen molar-refractivity contribution in [2.24, 2.45) is 5.92 Å². The molecule has 1 N–H and O–H groups in total. The summed E-state index contributed by atoms with van der Waals surface area (Å²) in [7, 11) is 0. The van der Waals surface area contributed by atoms with Crippen LogP contribution in [0.5, 0.6) is 0 Å². The first-order chi connectivity index (χ1) is 10.4. The quantitative estimate of drug-likeness (QED) is 0.867. The standard InChI is InChI=1S/C16H19F2NO3/c1-10-6-7-19(9-15(10)21)16(22)5-4-14(20)11-2-3-12(17)13(18)8-11/h2-3,8,10,15,21H,4-7,9H2,1H3. The van der Waals surface area contributed by atoms with Crippen molar-refractivity contribution in [1.82, 2.24) is 4.90 Å². The minimum Gasteiger partial charge on any atom is -0.391 e. The third kappa shape index (κ3) is 3.88. The molecular formula is C16H19F2NO3. The Kier molecular flexibility index (Phi) is 5.24. The molecule has 2 rings (SSSR count). The fraction of sp³-hybridized carbons (Fsp3) is 0.500. The molecule has 0 spiro atoms. The first-order valence-corrected chi connectivity index (χ1v) is 7.32. The van der Waals surface area contributed by atoms with Crippen molar-refractivity contribution in [2.75, 3.05) is 13.1 Å². The predicted molar refractivity (Wildman–Crippen MR) is 76.3 cm³/mol. The van der Waals surface area contributed by atoms with Gasteiger partial charge in [0.15, 0.2) is 17.4 Å². The molecule has 22 heavy (non-hydrogen) atoms. The lowest BCUT2D eigenvalue weighted by Crippen LogP contribution is -2.45. The van der Waals surface area contributed by atoms with Gasteiger partial charge in [-0.15, -0.1) is 0 Å². The van der Waals surface area contributed by atoms with Gasteiger partial charge in [-0.3, -0.25) is 9.59 Å². The fourth-order valence-electron chi connectivity index (χ4n) is 2.47. The summed E-state index contributed by atoms with van der Waals surface area (Å²) in [5, 5.41) is 9.77. The van der Waals surface area contributed by atoms with E-state index in [4.69, 9.17) is 0 Å². The van der Waals surface area contributed by atoms with Crippen LogP contribution in [0.2, 0.25) is 0 Å². The first kappa shape index (κ1) is 16.5. The second-order valence-corrected chi connectivity index (χ2v) is 5.73. The number of amides is 1. The highest BCUT2D eigenvalue weighted by Crippen LogP contribution is 2.18. The number of aliphatic hydroxyl groups excluding tert-OH is 1. The maximum absolute atomic E-state index is 13.1. The summed E-state index contributed by atoms with van der Waals surface area (Å²) in [5.74, 6) is -2.54. The highest BCUT2D eigenvalue weighted by molar-refractivity contribution is 5.97. The molecule has 1 aliphatic rings. The summed E-state index contributed by atoms with van der Waals surface area (Å²) >= 11 is 0. The van der Waals surface area contributed by atoms with E-state index in [0.717, 1.165) is 18.6 Å². The summed E-state index contributed by atoms with van der Waals surface area (Å²) in [6.45, 7) is 2.77. The third-order valence-corrected chi connectivity index (χ3v) is 4.08. The van der Waals surface area contributed by atoms with Gasteiger partial charge in [0.25, 0.3) is 0 Å². The Morgan fingerprint density at radius 3 is 2.64 bits per heavy atom. The number of nitrogens with zero attached hydrogens (tertiary/aromatic N) is 1. The molecule has 0 aliphatic carbocycles. The van der Waals surface area contributed by atoms with Crippen LogP contribution in [-0.2, 0) is 4.79 Å². The van der Waals surface area contributed by atoms with Crippen molar-refractivity contribution in [1.29, 1.82) is 0 Å². The van der Waals surface area contributed by atoms with Gasteiger partial charge in [0.1, 0.15) is 0 Å². The van der Waals surface area contributed by atoms with Gasteiger partial charge >= 0.3 is 0 Å². The largest absolute Gasteiger partial charge is 0.391 e. The van der Waals surface area contributed by atoms with Crippen LogP contribution < -0.4 is 0 Å². The number of hydrogen-bond donors (Lipinski definition) is 1. The van der Waals surface area contributed by atoms with E-state index < -0.39 is 23.5 Å². The zero-order valence-electron chi connectivity index (χ0n) is 12.4. The van der Waals surface area contributed by atoms with E-state index in [9.17, 15) is 23.5 Å². The second kappa shape index (κ2) is 6.96. The number of carbonyl (C=O) groups excluding carboxylic acids is 2. The van der Waals surface area contributed by atoms with Crippen LogP contribution in [0.25, 0.3) is 0 Å². The van der Waals surface area contributed by atoms with Crippen molar-refractivity contribution < 1.29 is 23.5 Å². The summed E-state index contributed by atoms with van der Waals surface area (Å²) in [5.41, 5.74) is 0.0546. The molecule has 6 heteroatoms. The maximum Gasteiger partial charge on any atom is 0.223 e. The van der Waals surface area contributed by atoms with Crippen molar-refractivity contribution >= 4 is 11.7 Å². The summed E-state index contributed by atoms with van der Waals surface area (Å²) in [4.78, 5) is 25.5. The highest BCUT2D eigenvalue weighted by atomic mass is 19.2. The fourth-order valence-corrected chi connectivity index (χ4v) is 2.47. The van der Waals surface area contributed by atoms with Crippen molar-refractivity contribution in [3.05, 3.63) is 35.4 Å². The van der Waals surface area contributed by atoms with Crippen LogP contribution in [0.15, 0.2) is 18.2 Å². The van der Waals surface area contributed by atoms with Crippen LogP contribution in [-0.4, -0.2) is 40.9 Å². The van der Waals surface area contributed by atoms with Gasteiger partial charge in [-0.25, -0.2) is 8.78 Å². The molecule has 120 valence electrons. The Balaban J connectivity index is 1.88. The number of hydrogen-bond acceptors (Lipinski definition) is 3. The molecule has 1 fully saturated rings. The number of rotatable bonds is 4. The molecular weight excluding hydrogens is 292 g/mol. The summed E-state index contributed by atoms with van der Waals surface area (Å²) in [6, 6.07) is 2.94. The van der Waals surface area contributed by atoms with Gasteiger partial charge in [-0.2, -0.15) is 0 Å². The minimum atomic E-state index is -1.08. The zero-order valence-corrected chi connectivity index (χ0v) is 12.4. The number of piperidine rings is 1. The molecule has 1 amide bonds. The normalized spacial score (nSPS) is 21.7. The molecule has 0 radical (unpaired) electrons. The lowest BCUT2D eigenvalue weighted by atomic mass is 9.95. The van der Waals surface area contributed by atoms with E-state index in [-0.39, 0.29) is 36.8 Å². The third-order valence-electron chi connectivity index (χ3n) is 4.08. The van der Waals surface area contributed by atoms with Gasteiger partial charge in [0.05, 0.1) is 6.10 Å². The average molecular weight is 311 g/mol. The maximum atomic E-state index is 13.1. The number of halogens is 2. The number of likely N-dealkylation sites (tertiary alicyclic amines) is 1. The molecule has 0 bridgehead atoms. The van der Waals surface area contributed by atoms with E-state index in [0.29, 0.717) is 6.54 Å². The van der Waals surface area contributed by atoms with Gasteiger partial charge in [0, 0.05) is 31.5 Å². The van der Waals surface area contributed by atoms with Crippen molar-refractivity contribution in [3.8, 4) is 0 Å². The average Bonchev–Trinajstić information content (AvgIpc) is 2.50. The van der Waals surface area contributed by atoms with Crippen molar-refractivity contribution in [2.45, 2.75) is 32.3 Å². The van der Waals surface area contributed by atoms with Crippen molar-refractivity contribution in [3.63, 3.8) is 0 Å². The predicted octanol–water partition coefficient (Wildman–Crippen LogP) is 2.16. The topological polar surface area (TPSA) is 57.6 Å². The first-order valence-electron chi connectivity index (χ1n) is 7.32. The van der Waals surface area contributed by atoms with Gasteiger partial charge < -0.3 is 10.0 Å². The van der Waals surface area contributed by atoms with Crippen LogP contribution in [0.1, 0.15) is 36.5 Å². The second-order valence-electron chi connectivity index (χ2n) is 5.73. The van der Waals surface area contributed by atoms with Crippen LogP contribution in [0, 0.1) is 17.6 Å². The zero-order chi connectivity index (χ0) is 16.3. The molecule has 1 heterocycles. The van der Waals surface area contributed by atoms with Crippen LogP contribution in [0.3, 0.4) is 0 Å². The van der Waals surface area contributed by atoms with Crippen LogP contribution >= 0.6 is 0 Å². The molecule has 0 aromatic heterocycles. The number of β-amino-alcohol motifs (C(OH)–C–C–N with tert-alkyl or cyclic N) is 1. The molecule has 4 nitrogen and oxygen atoms in total. The monoisotopic (exact) mass is 311 g/mol. The molecule has 2 unspecified atom stereocenters. The molecule has 1 saturated heterocycles. The SMILES string of the molecule is CC1CCN(C(=O)CCC(=O)c2ccc(F)c(F)c2)CC1O. The minimum absolute atomic E-state index is 0.00106. The highest BCUT2D eigenvalue weighted by Gasteiger charge is 2.27. The number of aliphatic hydroxyl groups is 1. The van der Waals surface area contributed by atoms with Gasteiger partial charge in [-0.1, -0.05) is 6.92 Å². The molecule has 0 saturated carbocycles. The Morgan fingerprint density at radius 2 is 2.00 bits per heavy atom. The number of benzene rings is 1. The van der Waals surface area contributed by atoms with Crippen LogP contribution in [0.4, 0.5) is 8.78 Å². The molecule has 1 aliphatic heterocycles. The number of carbonyl (C=O) groups is 2. The smallest absolute Gasteiger partial charge is 0.223 e. The molecule has 1 aromatic carbocycles. The number of Topliss-reactive ketones (excluding diaryl/α,β-unsaturated/α-hetero) is 1. The van der Waals surface area contributed by atoms with Gasteiger partial charge in [0.2, 0.25) is 5.91 Å².